The second-order valence-corrected chi connectivity index (χ2v) is 6.93. The van der Waals surface area contributed by atoms with Gasteiger partial charge in [-0.05, 0) is 42.5 Å². The summed E-state index contributed by atoms with van der Waals surface area (Å²) in [6.07, 6.45) is 0. The molecule has 0 spiro atoms. The Kier molecular flexibility index (Phi) is 5.59. The Morgan fingerprint density at radius 3 is 2.74 bits per heavy atom. The molecule has 0 aliphatic rings. The fourth-order valence-electron chi connectivity index (χ4n) is 1.82. The van der Waals surface area contributed by atoms with Crippen molar-refractivity contribution in [2.45, 2.75) is 5.22 Å². The van der Waals surface area contributed by atoms with Crippen LogP contribution < -0.4 is 4.74 Å². The third-order valence-electron chi connectivity index (χ3n) is 2.87. The van der Waals surface area contributed by atoms with Crippen molar-refractivity contribution in [3.05, 3.63) is 58.0 Å². The maximum Gasteiger partial charge on any atom is 0.276 e. The van der Waals surface area contributed by atoms with E-state index in [9.17, 15) is 0 Å². The Balaban J connectivity index is 1.50. The Labute approximate surface area is 151 Å². The highest BCUT2D eigenvalue weighted by atomic mass is 79.9. The van der Waals surface area contributed by atoms with Crippen LogP contribution in [0.25, 0.3) is 11.5 Å². The standard InChI is InChI=1S/C16H12BrClN2O2S/c17-12-2-1-3-14(10-12)21-8-9-23-16-20-19-15(22-16)11-4-6-13(18)7-5-11/h1-7,10H,8-9H2. The molecule has 3 aromatic rings. The first-order valence-corrected chi connectivity index (χ1v) is 8.97. The van der Waals surface area contributed by atoms with E-state index in [-0.39, 0.29) is 0 Å². The first kappa shape index (κ1) is 16.4. The summed E-state index contributed by atoms with van der Waals surface area (Å²) in [6.45, 7) is 0.555. The number of aromatic nitrogens is 2. The van der Waals surface area contributed by atoms with Crippen molar-refractivity contribution in [1.29, 1.82) is 0 Å². The zero-order valence-corrected chi connectivity index (χ0v) is 15.1. The number of rotatable bonds is 6. The van der Waals surface area contributed by atoms with Crippen LogP contribution in [0.15, 0.2) is 62.6 Å². The number of ether oxygens (including phenoxy) is 1. The van der Waals surface area contributed by atoms with Gasteiger partial charge in [0.25, 0.3) is 5.22 Å². The largest absolute Gasteiger partial charge is 0.493 e. The Bertz CT molecular complexity index is 780. The highest BCUT2D eigenvalue weighted by Gasteiger charge is 2.09. The lowest BCUT2D eigenvalue weighted by Gasteiger charge is -2.04. The zero-order valence-electron chi connectivity index (χ0n) is 11.9. The summed E-state index contributed by atoms with van der Waals surface area (Å²) in [5, 5.41) is 9.26. The third kappa shape index (κ3) is 4.73. The average Bonchev–Trinajstić information content (AvgIpc) is 3.01. The quantitative estimate of drug-likeness (QED) is 0.405. The predicted octanol–water partition coefficient (Wildman–Crippen LogP) is 5.32. The molecular weight excluding hydrogens is 400 g/mol. The van der Waals surface area contributed by atoms with Gasteiger partial charge in [-0.1, -0.05) is 45.4 Å². The SMILES string of the molecule is Clc1ccc(-c2nnc(SCCOc3cccc(Br)c3)o2)cc1. The Hall–Kier alpha value is -1.50. The van der Waals surface area contributed by atoms with Crippen molar-refractivity contribution in [3.8, 4) is 17.2 Å². The van der Waals surface area contributed by atoms with Crippen LogP contribution in [0.1, 0.15) is 0 Å². The summed E-state index contributed by atoms with van der Waals surface area (Å²) >= 11 is 10.7. The molecule has 0 aliphatic heterocycles. The van der Waals surface area contributed by atoms with Gasteiger partial charge < -0.3 is 9.15 Å². The Morgan fingerprint density at radius 1 is 1.13 bits per heavy atom. The van der Waals surface area contributed by atoms with Gasteiger partial charge in [-0.25, -0.2) is 0 Å². The molecule has 23 heavy (non-hydrogen) atoms. The molecule has 1 aromatic heterocycles. The van der Waals surface area contributed by atoms with E-state index in [0.29, 0.717) is 22.7 Å². The van der Waals surface area contributed by atoms with E-state index in [4.69, 9.17) is 20.8 Å². The van der Waals surface area contributed by atoms with Crippen molar-refractivity contribution in [1.82, 2.24) is 10.2 Å². The lowest BCUT2D eigenvalue weighted by atomic mass is 10.2. The molecule has 0 unspecified atom stereocenters. The molecule has 0 amide bonds. The number of nitrogens with zero attached hydrogens (tertiary/aromatic N) is 2. The second-order valence-electron chi connectivity index (χ2n) is 4.53. The van der Waals surface area contributed by atoms with Crippen LogP contribution in [0.3, 0.4) is 0 Å². The minimum Gasteiger partial charge on any atom is -0.493 e. The van der Waals surface area contributed by atoms with Crippen LogP contribution in [0.2, 0.25) is 5.02 Å². The van der Waals surface area contributed by atoms with Crippen LogP contribution in [0, 0.1) is 0 Å². The molecule has 0 saturated heterocycles. The number of thioether (sulfide) groups is 1. The molecule has 7 heteroatoms. The predicted molar refractivity (Wildman–Crippen MR) is 95.1 cm³/mol. The minimum atomic E-state index is 0.483. The molecule has 3 rings (SSSR count). The summed E-state index contributed by atoms with van der Waals surface area (Å²) in [7, 11) is 0. The first-order valence-electron chi connectivity index (χ1n) is 6.81. The Morgan fingerprint density at radius 2 is 1.96 bits per heavy atom. The molecule has 1 heterocycles. The molecule has 0 saturated carbocycles. The lowest BCUT2D eigenvalue weighted by molar-refractivity contribution is 0.343. The summed E-state index contributed by atoms with van der Waals surface area (Å²) < 4.78 is 12.3. The first-order chi connectivity index (χ1) is 11.2. The van der Waals surface area contributed by atoms with Gasteiger partial charge in [0, 0.05) is 20.8 Å². The molecule has 0 radical (unpaired) electrons. The highest BCUT2D eigenvalue weighted by molar-refractivity contribution is 9.10. The van der Waals surface area contributed by atoms with E-state index in [1.807, 2.05) is 36.4 Å². The van der Waals surface area contributed by atoms with E-state index in [2.05, 4.69) is 26.1 Å². The smallest absolute Gasteiger partial charge is 0.276 e. The van der Waals surface area contributed by atoms with Gasteiger partial charge in [0.1, 0.15) is 5.75 Å². The number of hydrogen-bond donors (Lipinski definition) is 0. The number of halogens is 2. The summed E-state index contributed by atoms with van der Waals surface area (Å²) in [4.78, 5) is 0. The summed E-state index contributed by atoms with van der Waals surface area (Å²) in [5.74, 6) is 2.03. The molecule has 0 atom stereocenters. The average molecular weight is 412 g/mol. The van der Waals surface area contributed by atoms with Crippen molar-refractivity contribution >= 4 is 39.3 Å². The summed E-state index contributed by atoms with van der Waals surface area (Å²) in [6, 6.07) is 15.0. The molecule has 0 fully saturated rings. The van der Waals surface area contributed by atoms with Crippen molar-refractivity contribution < 1.29 is 9.15 Å². The summed E-state index contributed by atoms with van der Waals surface area (Å²) in [5.41, 5.74) is 0.846. The topological polar surface area (TPSA) is 48.2 Å². The molecular formula is C16H12BrClN2O2S. The number of benzene rings is 2. The van der Waals surface area contributed by atoms with Gasteiger partial charge >= 0.3 is 0 Å². The van der Waals surface area contributed by atoms with Gasteiger partial charge in [0.2, 0.25) is 5.89 Å². The maximum absolute atomic E-state index is 5.86. The van der Waals surface area contributed by atoms with Gasteiger partial charge in [-0.2, -0.15) is 0 Å². The number of hydrogen-bond acceptors (Lipinski definition) is 5. The molecule has 0 bridgehead atoms. The van der Waals surface area contributed by atoms with E-state index in [1.165, 1.54) is 11.8 Å². The van der Waals surface area contributed by atoms with Gasteiger partial charge in [0.15, 0.2) is 0 Å². The van der Waals surface area contributed by atoms with E-state index < -0.39 is 0 Å². The molecule has 2 aromatic carbocycles. The van der Waals surface area contributed by atoms with Gasteiger partial charge in [-0.15, -0.1) is 10.2 Å². The fraction of sp³-hybridized carbons (Fsp3) is 0.125. The third-order valence-corrected chi connectivity index (χ3v) is 4.40. The minimum absolute atomic E-state index is 0.483. The fourth-order valence-corrected chi connectivity index (χ4v) is 2.90. The van der Waals surface area contributed by atoms with E-state index in [1.54, 1.807) is 12.1 Å². The lowest BCUT2D eigenvalue weighted by Crippen LogP contribution is -1.99. The van der Waals surface area contributed by atoms with Crippen LogP contribution in [-0.4, -0.2) is 22.6 Å². The molecule has 0 aliphatic carbocycles. The van der Waals surface area contributed by atoms with Crippen molar-refractivity contribution in [2.24, 2.45) is 0 Å². The molecule has 0 N–H and O–H groups in total. The highest BCUT2D eigenvalue weighted by Crippen LogP contribution is 2.24. The molecule has 118 valence electrons. The van der Waals surface area contributed by atoms with Crippen molar-refractivity contribution in [2.75, 3.05) is 12.4 Å². The second kappa shape index (κ2) is 7.86. The van der Waals surface area contributed by atoms with Gasteiger partial charge in [0.05, 0.1) is 6.61 Å². The van der Waals surface area contributed by atoms with E-state index >= 15 is 0 Å². The van der Waals surface area contributed by atoms with Crippen molar-refractivity contribution in [3.63, 3.8) is 0 Å². The normalized spacial score (nSPS) is 10.7. The van der Waals surface area contributed by atoms with Crippen LogP contribution >= 0.6 is 39.3 Å². The van der Waals surface area contributed by atoms with Crippen LogP contribution in [0.5, 0.6) is 5.75 Å². The van der Waals surface area contributed by atoms with E-state index in [0.717, 1.165) is 21.5 Å². The maximum atomic E-state index is 5.86. The van der Waals surface area contributed by atoms with Crippen LogP contribution in [-0.2, 0) is 0 Å². The molecule has 4 nitrogen and oxygen atoms in total. The van der Waals surface area contributed by atoms with Crippen LogP contribution in [0.4, 0.5) is 0 Å². The van der Waals surface area contributed by atoms with Gasteiger partial charge in [-0.3, -0.25) is 0 Å². The zero-order chi connectivity index (χ0) is 16.1. The monoisotopic (exact) mass is 410 g/mol.